The third-order valence-electron chi connectivity index (χ3n) is 5.87. The standard InChI is InChI=1S/C25H25N3/c1-2-7-25-19(4-1)5-3-6-22(25)18-28-14-11-23(12-15-28)27-24-9-8-21-17-26-13-10-20(21)16-24/h1-10,13,16-17,23,27H,11-12,14-15,18H2. The van der Waals surface area contributed by atoms with Crippen molar-refractivity contribution in [3.05, 3.63) is 84.7 Å². The maximum atomic E-state index is 4.19. The monoisotopic (exact) mass is 367 g/mol. The molecule has 3 heteroatoms. The lowest BCUT2D eigenvalue weighted by atomic mass is 10.0. The van der Waals surface area contributed by atoms with Crippen LogP contribution >= 0.6 is 0 Å². The third-order valence-corrected chi connectivity index (χ3v) is 5.87. The fourth-order valence-electron chi connectivity index (χ4n) is 4.32. The summed E-state index contributed by atoms with van der Waals surface area (Å²) in [5.74, 6) is 0. The van der Waals surface area contributed by atoms with E-state index in [1.165, 1.54) is 45.6 Å². The fraction of sp³-hybridized carbons (Fsp3) is 0.240. The van der Waals surface area contributed by atoms with E-state index in [2.05, 4.69) is 81.9 Å². The second kappa shape index (κ2) is 7.61. The molecule has 3 aromatic carbocycles. The van der Waals surface area contributed by atoms with Crippen molar-refractivity contribution >= 4 is 27.2 Å². The normalized spacial score (nSPS) is 15.9. The Morgan fingerprint density at radius 1 is 0.857 bits per heavy atom. The van der Waals surface area contributed by atoms with Gasteiger partial charge in [0.2, 0.25) is 0 Å². The van der Waals surface area contributed by atoms with Crippen molar-refractivity contribution in [3.63, 3.8) is 0 Å². The van der Waals surface area contributed by atoms with Crippen molar-refractivity contribution in [2.45, 2.75) is 25.4 Å². The summed E-state index contributed by atoms with van der Waals surface area (Å²) in [5.41, 5.74) is 2.65. The third kappa shape index (κ3) is 3.58. The van der Waals surface area contributed by atoms with Gasteiger partial charge in [0.25, 0.3) is 0 Å². The molecule has 28 heavy (non-hydrogen) atoms. The van der Waals surface area contributed by atoms with Crippen LogP contribution in [0.3, 0.4) is 0 Å². The largest absolute Gasteiger partial charge is 0.382 e. The van der Waals surface area contributed by atoms with Crippen LogP contribution in [-0.4, -0.2) is 29.0 Å². The van der Waals surface area contributed by atoms with Crippen LogP contribution < -0.4 is 5.32 Å². The van der Waals surface area contributed by atoms with Crippen molar-refractivity contribution in [2.24, 2.45) is 0 Å². The molecule has 0 unspecified atom stereocenters. The molecule has 4 aromatic rings. The maximum Gasteiger partial charge on any atom is 0.0348 e. The summed E-state index contributed by atoms with van der Waals surface area (Å²) in [4.78, 5) is 6.78. The molecule has 5 rings (SSSR count). The minimum absolute atomic E-state index is 0.544. The molecule has 0 radical (unpaired) electrons. The van der Waals surface area contributed by atoms with Crippen molar-refractivity contribution in [2.75, 3.05) is 18.4 Å². The number of hydrogen-bond acceptors (Lipinski definition) is 3. The van der Waals surface area contributed by atoms with Gasteiger partial charge in [-0.25, -0.2) is 0 Å². The summed E-state index contributed by atoms with van der Waals surface area (Å²) in [6.07, 6.45) is 6.14. The molecule has 0 saturated carbocycles. The average molecular weight is 367 g/mol. The Bertz CT molecular complexity index is 1090. The molecule has 0 bridgehead atoms. The van der Waals surface area contributed by atoms with Gasteiger partial charge in [0.15, 0.2) is 0 Å². The zero-order valence-electron chi connectivity index (χ0n) is 16.0. The first-order chi connectivity index (χ1) is 13.8. The van der Waals surface area contributed by atoms with Gasteiger partial charge in [0, 0.05) is 49.1 Å². The number of rotatable bonds is 4. The molecule has 2 heterocycles. The summed E-state index contributed by atoms with van der Waals surface area (Å²) in [6.45, 7) is 3.31. The van der Waals surface area contributed by atoms with Gasteiger partial charge in [-0.05, 0) is 52.8 Å². The van der Waals surface area contributed by atoms with Crippen LogP contribution in [-0.2, 0) is 6.54 Å². The van der Waals surface area contributed by atoms with Gasteiger partial charge in [-0.1, -0.05) is 48.5 Å². The molecular formula is C25H25N3. The van der Waals surface area contributed by atoms with E-state index < -0.39 is 0 Å². The number of aromatic nitrogens is 1. The molecule has 140 valence electrons. The lowest BCUT2D eigenvalue weighted by molar-refractivity contribution is 0.212. The number of likely N-dealkylation sites (tertiary alicyclic amines) is 1. The molecule has 3 nitrogen and oxygen atoms in total. The lowest BCUT2D eigenvalue weighted by Gasteiger charge is -2.33. The van der Waals surface area contributed by atoms with Crippen molar-refractivity contribution in [1.29, 1.82) is 0 Å². The predicted molar refractivity (Wildman–Crippen MR) is 118 cm³/mol. The smallest absolute Gasteiger partial charge is 0.0348 e. The Hall–Kier alpha value is -2.91. The number of anilines is 1. The zero-order valence-corrected chi connectivity index (χ0v) is 16.0. The second-order valence-electron chi connectivity index (χ2n) is 7.77. The molecule has 1 aliphatic rings. The zero-order chi connectivity index (χ0) is 18.8. The highest BCUT2D eigenvalue weighted by molar-refractivity contribution is 5.86. The predicted octanol–water partition coefficient (Wildman–Crippen LogP) is 5.46. The summed E-state index contributed by atoms with van der Waals surface area (Å²) in [5, 5.41) is 8.90. The van der Waals surface area contributed by atoms with E-state index in [1.54, 1.807) is 0 Å². The number of benzene rings is 3. The molecule has 1 aromatic heterocycles. The first-order valence-corrected chi connectivity index (χ1v) is 10.1. The van der Waals surface area contributed by atoms with Gasteiger partial charge in [0.05, 0.1) is 0 Å². The summed E-state index contributed by atoms with van der Waals surface area (Å²) < 4.78 is 0. The highest BCUT2D eigenvalue weighted by Gasteiger charge is 2.19. The molecule has 1 fully saturated rings. The number of nitrogens with zero attached hydrogens (tertiary/aromatic N) is 2. The minimum atomic E-state index is 0.544. The SMILES string of the molecule is c1ccc2c(CN3CCC(Nc4ccc5cnccc5c4)CC3)cccc2c1. The summed E-state index contributed by atoms with van der Waals surface area (Å²) in [6, 6.07) is 24.5. The van der Waals surface area contributed by atoms with Gasteiger partial charge in [-0.3, -0.25) is 9.88 Å². The van der Waals surface area contributed by atoms with Crippen LogP contribution in [0, 0.1) is 0 Å². The van der Waals surface area contributed by atoms with E-state index >= 15 is 0 Å². The van der Waals surface area contributed by atoms with Crippen LogP contribution in [0.4, 0.5) is 5.69 Å². The van der Waals surface area contributed by atoms with E-state index in [0.717, 1.165) is 19.6 Å². The summed E-state index contributed by atoms with van der Waals surface area (Å²) >= 11 is 0. The highest BCUT2D eigenvalue weighted by Crippen LogP contribution is 2.24. The van der Waals surface area contributed by atoms with Gasteiger partial charge >= 0.3 is 0 Å². The molecule has 1 aliphatic heterocycles. The molecule has 1 N–H and O–H groups in total. The average Bonchev–Trinajstić information content (AvgIpc) is 2.75. The van der Waals surface area contributed by atoms with Crippen LogP contribution in [0.2, 0.25) is 0 Å². The van der Waals surface area contributed by atoms with E-state index in [9.17, 15) is 0 Å². The van der Waals surface area contributed by atoms with E-state index in [4.69, 9.17) is 0 Å². The first-order valence-electron chi connectivity index (χ1n) is 10.1. The Kier molecular flexibility index (Phi) is 4.67. The Morgan fingerprint density at radius 2 is 1.71 bits per heavy atom. The fourth-order valence-corrected chi connectivity index (χ4v) is 4.32. The molecule has 0 spiro atoms. The first kappa shape index (κ1) is 17.2. The Morgan fingerprint density at radius 3 is 2.64 bits per heavy atom. The minimum Gasteiger partial charge on any atom is -0.382 e. The number of pyridine rings is 1. The number of fused-ring (bicyclic) bond motifs is 2. The van der Waals surface area contributed by atoms with Gasteiger partial charge in [-0.15, -0.1) is 0 Å². The Labute approximate surface area is 166 Å². The van der Waals surface area contributed by atoms with Crippen LogP contribution in [0.15, 0.2) is 79.1 Å². The molecular weight excluding hydrogens is 342 g/mol. The van der Waals surface area contributed by atoms with Crippen molar-refractivity contribution in [1.82, 2.24) is 9.88 Å². The molecule has 0 amide bonds. The molecule has 0 atom stereocenters. The van der Waals surface area contributed by atoms with Gasteiger partial charge < -0.3 is 5.32 Å². The Balaban J connectivity index is 1.22. The van der Waals surface area contributed by atoms with E-state index in [-0.39, 0.29) is 0 Å². The second-order valence-corrected chi connectivity index (χ2v) is 7.77. The molecule has 1 saturated heterocycles. The van der Waals surface area contributed by atoms with Crippen molar-refractivity contribution < 1.29 is 0 Å². The lowest BCUT2D eigenvalue weighted by Crippen LogP contribution is -2.38. The van der Waals surface area contributed by atoms with Crippen LogP contribution in [0.5, 0.6) is 0 Å². The van der Waals surface area contributed by atoms with Crippen LogP contribution in [0.1, 0.15) is 18.4 Å². The number of nitrogens with one attached hydrogen (secondary N) is 1. The van der Waals surface area contributed by atoms with E-state index in [1.807, 2.05) is 12.4 Å². The molecule has 0 aliphatic carbocycles. The van der Waals surface area contributed by atoms with Crippen molar-refractivity contribution in [3.8, 4) is 0 Å². The maximum absolute atomic E-state index is 4.19. The summed E-state index contributed by atoms with van der Waals surface area (Å²) in [7, 11) is 0. The van der Waals surface area contributed by atoms with Crippen LogP contribution in [0.25, 0.3) is 21.5 Å². The van der Waals surface area contributed by atoms with Gasteiger partial charge in [-0.2, -0.15) is 0 Å². The number of hydrogen-bond donors (Lipinski definition) is 1. The quantitative estimate of drug-likeness (QED) is 0.519. The number of piperidine rings is 1. The van der Waals surface area contributed by atoms with Gasteiger partial charge in [0.1, 0.15) is 0 Å². The topological polar surface area (TPSA) is 28.2 Å². The highest BCUT2D eigenvalue weighted by atomic mass is 15.1. The van der Waals surface area contributed by atoms with E-state index in [0.29, 0.717) is 6.04 Å².